The lowest BCUT2D eigenvalue weighted by Gasteiger charge is -2.27. The standard InChI is InChI=1S/C24H25FN2O6/c1-4-32-23(29)21(24(30)33-5-2)20(15-6-8-16(25)9-7-15)19(14-26)22(28)27-17-10-12-18(31-3)13-11-17/h6-13,19-21H,4-5H2,1-3H3,(H,27,28). The quantitative estimate of drug-likeness (QED) is 0.430. The minimum atomic E-state index is -1.61. The second-order valence-electron chi connectivity index (χ2n) is 6.88. The molecule has 0 saturated carbocycles. The van der Waals surface area contributed by atoms with E-state index in [1.807, 2.05) is 6.07 Å². The third kappa shape index (κ3) is 6.53. The zero-order valence-electron chi connectivity index (χ0n) is 18.5. The fraction of sp³-hybridized carbons (Fsp3) is 0.333. The summed E-state index contributed by atoms with van der Waals surface area (Å²) in [6.45, 7) is 3.07. The van der Waals surface area contributed by atoms with Crippen LogP contribution in [0.3, 0.4) is 0 Å². The molecular weight excluding hydrogens is 431 g/mol. The predicted molar refractivity (Wildman–Crippen MR) is 117 cm³/mol. The number of hydrogen-bond donors (Lipinski definition) is 1. The van der Waals surface area contributed by atoms with Crippen LogP contribution in [0.5, 0.6) is 5.75 Å². The van der Waals surface area contributed by atoms with Gasteiger partial charge in [0.25, 0.3) is 0 Å². The molecule has 0 aliphatic rings. The second-order valence-corrected chi connectivity index (χ2v) is 6.88. The number of carbonyl (C=O) groups excluding carboxylic acids is 3. The maximum Gasteiger partial charge on any atom is 0.321 e. The molecule has 0 aliphatic carbocycles. The van der Waals surface area contributed by atoms with Crippen LogP contribution in [0.4, 0.5) is 10.1 Å². The summed E-state index contributed by atoms with van der Waals surface area (Å²) in [4.78, 5) is 38.6. The molecule has 0 bridgehead atoms. The van der Waals surface area contributed by atoms with Gasteiger partial charge in [-0.1, -0.05) is 12.1 Å². The number of hydrogen-bond acceptors (Lipinski definition) is 7. The normalized spacial score (nSPS) is 12.2. The zero-order valence-corrected chi connectivity index (χ0v) is 18.5. The number of amides is 1. The van der Waals surface area contributed by atoms with Crippen LogP contribution in [0, 0.1) is 29.0 Å². The molecule has 2 rings (SSSR count). The van der Waals surface area contributed by atoms with Gasteiger partial charge in [0, 0.05) is 11.6 Å². The average Bonchev–Trinajstić information content (AvgIpc) is 2.80. The topological polar surface area (TPSA) is 115 Å². The molecule has 1 amide bonds. The van der Waals surface area contributed by atoms with Crippen LogP contribution in [0.25, 0.3) is 0 Å². The molecule has 0 aliphatic heterocycles. The molecule has 0 aromatic heterocycles. The number of benzene rings is 2. The molecule has 0 heterocycles. The van der Waals surface area contributed by atoms with Gasteiger partial charge in [0.1, 0.15) is 17.5 Å². The van der Waals surface area contributed by atoms with Crippen molar-refractivity contribution in [2.24, 2.45) is 11.8 Å². The van der Waals surface area contributed by atoms with E-state index in [-0.39, 0.29) is 18.8 Å². The van der Waals surface area contributed by atoms with Crippen LogP contribution in [-0.4, -0.2) is 38.2 Å². The van der Waals surface area contributed by atoms with Crippen molar-refractivity contribution in [3.63, 3.8) is 0 Å². The molecule has 33 heavy (non-hydrogen) atoms. The second kappa shape index (κ2) is 12.2. The smallest absolute Gasteiger partial charge is 0.321 e. The maximum atomic E-state index is 13.6. The van der Waals surface area contributed by atoms with Crippen molar-refractivity contribution < 1.29 is 33.0 Å². The SMILES string of the molecule is CCOC(=O)C(C(=O)OCC)C(c1ccc(F)cc1)C(C#N)C(=O)Nc1ccc(OC)cc1. The first-order valence-electron chi connectivity index (χ1n) is 10.3. The van der Waals surface area contributed by atoms with Crippen molar-refractivity contribution in [1.29, 1.82) is 5.26 Å². The van der Waals surface area contributed by atoms with E-state index in [2.05, 4.69) is 5.32 Å². The van der Waals surface area contributed by atoms with E-state index in [4.69, 9.17) is 14.2 Å². The van der Waals surface area contributed by atoms with E-state index >= 15 is 0 Å². The Morgan fingerprint density at radius 3 is 1.97 bits per heavy atom. The number of methoxy groups -OCH3 is 1. The number of nitrogens with one attached hydrogen (secondary N) is 1. The Balaban J connectivity index is 2.51. The van der Waals surface area contributed by atoms with Gasteiger partial charge in [-0.25, -0.2) is 4.39 Å². The average molecular weight is 456 g/mol. The molecular formula is C24H25FN2O6. The Bertz CT molecular complexity index is 983. The van der Waals surface area contributed by atoms with E-state index in [1.165, 1.54) is 19.2 Å². The Kier molecular flexibility index (Phi) is 9.36. The molecule has 0 spiro atoms. The molecule has 1 N–H and O–H groups in total. The minimum Gasteiger partial charge on any atom is -0.497 e. The number of nitriles is 1. The number of esters is 2. The van der Waals surface area contributed by atoms with E-state index in [0.717, 1.165) is 12.1 Å². The van der Waals surface area contributed by atoms with E-state index in [9.17, 15) is 24.0 Å². The first-order valence-corrected chi connectivity index (χ1v) is 10.3. The van der Waals surface area contributed by atoms with Crippen molar-refractivity contribution in [2.75, 3.05) is 25.6 Å². The summed E-state index contributed by atoms with van der Waals surface area (Å²) in [5.41, 5.74) is 0.613. The van der Waals surface area contributed by atoms with Crippen LogP contribution in [0.1, 0.15) is 25.3 Å². The summed E-state index contributed by atoms with van der Waals surface area (Å²) in [5, 5.41) is 12.5. The highest BCUT2D eigenvalue weighted by atomic mass is 19.1. The molecule has 9 heteroatoms. The highest BCUT2D eigenvalue weighted by Gasteiger charge is 2.45. The highest BCUT2D eigenvalue weighted by molar-refractivity contribution is 6.00. The monoisotopic (exact) mass is 456 g/mol. The Morgan fingerprint density at radius 1 is 0.970 bits per heavy atom. The van der Waals surface area contributed by atoms with Crippen LogP contribution >= 0.6 is 0 Å². The van der Waals surface area contributed by atoms with Gasteiger partial charge in [-0.3, -0.25) is 14.4 Å². The largest absolute Gasteiger partial charge is 0.497 e. The summed E-state index contributed by atoms with van der Waals surface area (Å²) in [6.07, 6.45) is 0. The van der Waals surface area contributed by atoms with Gasteiger partial charge in [0.2, 0.25) is 5.91 Å². The summed E-state index contributed by atoms with van der Waals surface area (Å²) >= 11 is 0. The van der Waals surface area contributed by atoms with Crippen LogP contribution in [-0.2, 0) is 23.9 Å². The van der Waals surface area contributed by atoms with Crippen molar-refractivity contribution >= 4 is 23.5 Å². The van der Waals surface area contributed by atoms with Gasteiger partial charge in [-0.05, 0) is 55.8 Å². The van der Waals surface area contributed by atoms with Crippen LogP contribution in [0.2, 0.25) is 0 Å². The molecule has 2 unspecified atom stereocenters. The van der Waals surface area contributed by atoms with Gasteiger partial charge >= 0.3 is 11.9 Å². The zero-order chi connectivity index (χ0) is 24.4. The van der Waals surface area contributed by atoms with Crippen LogP contribution < -0.4 is 10.1 Å². The first-order chi connectivity index (χ1) is 15.9. The van der Waals surface area contributed by atoms with Crippen LogP contribution in [0.15, 0.2) is 48.5 Å². The van der Waals surface area contributed by atoms with Gasteiger partial charge in [0.05, 0.1) is 26.4 Å². The van der Waals surface area contributed by atoms with E-state index < -0.39 is 41.4 Å². The molecule has 0 radical (unpaired) electrons. The molecule has 2 aromatic rings. The summed E-state index contributed by atoms with van der Waals surface area (Å²) < 4.78 is 28.7. The lowest BCUT2D eigenvalue weighted by atomic mass is 9.76. The third-order valence-electron chi connectivity index (χ3n) is 4.83. The molecule has 2 aromatic carbocycles. The fourth-order valence-electron chi connectivity index (χ4n) is 3.31. The number of anilines is 1. The maximum absolute atomic E-state index is 13.6. The van der Waals surface area contributed by atoms with Gasteiger partial charge in [-0.15, -0.1) is 0 Å². The molecule has 174 valence electrons. The molecule has 0 saturated heterocycles. The number of ether oxygens (including phenoxy) is 3. The lowest BCUT2D eigenvalue weighted by Crippen LogP contribution is -2.40. The number of nitrogens with zero attached hydrogens (tertiary/aromatic N) is 1. The number of halogens is 1. The van der Waals surface area contributed by atoms with E-state index in [1.54, 1.807) is 38.1 Å². The third-order valence-corrected chi connectivity index (χ3v) is 4.83. The number of carbonyl (C=O) groups is 3. The Morgan fingerprint density at radius 2 is 1.52 bits per heavy atom. The lowest BCUT2D eigenvalue weighted by molar-refractivity contribution is -0.163. The van der Waals surface area contributed by atoms with Crippen molar-refractivity contribution in [3.05, 3.63) is 59.9 Å². The highest BCUT2D eigenvalue weighted by Crippen LogP contribution is 2.35. The molecule has 8 nitrogen and oxygen atoms in total. The van der Waals surface area contributed by atoms with Crippen molar-refractivity contribution in [2.45, 2.75) is 19.8 Å². The van der Waals surface area contributed by atoms with Gasteiger partial charge in [-0.2, -0.15) is 5.26 Å². The fourth-order valence-corrected chi connectivity index (χ4v) is 3.31. The minimum absolute atomic E-state index is 0.0276. The first kappa shape index (κ1) is 25.3. The summed E-state index contributed by atoms with van der Waals surface area (Å²) in [7, 11) is 1.50. The number of rotatable bonds is 10. The molecule has 2 atom stereocenters. The van der Waals surface area contributed by atoms with Gasteiger partial charge in [0.15, 0.2) is 5.92 Å². The van der Waals surface area contributed by atoms with Gasteiger partial charge < -0.3 is 19.5 Å². The predicted octanol–water partition coefficient (Wildman–Crippen LogP) is 3.44. The Labute approximate surface area is 191 Å². The van der Waals surface area contributed by atoms with E-state index in [0.29, 0.717) is 11.4 Å². The van der Waals surface area contributed by atoms with Crippen molar-refractivity contribution in [3.8, 4) is 11.8 Å². The summed E-state index contributed by atoms with van der Waals surface area (Å²) in [5.74, 6) is -7.03. The molecule has 0 fully saturated rings. The Hall–Kier alpha value is -3.93. The summed E-state index contributed by atoms with van der Waals surface area (Å²) in [6, 6.07) is 13.1. The van der Waals surface area contributed by atoms with Crippen molar-refractivity contribution in [1.82, 2.24) is 0 Å².